The molecule has 2 fully saturated rings. The predicted molar refractivity (Wildman–Crippen MR) is 108 cm³/mol. The molecule has 7 nitrogen and oxygen atoms in total. The summed E-state index contributed by atoms with van der Waals surface area (Å²) in [6, 6.07) is 7.29. The lowest BCUT2D eigenvalue weighted by atomic mass is 9.95. The average Bonchev–Trinajstić information content (AvgIpc) is 2.69. The molecule has 1 heterocycles. The number of benzene rings is 1. The molecule has 3 N–H and O–H groups in total. The number of nitrogens with zero attached hydrogens (tertiary/aromatic N) is 1. The molecule has 1 aromatic carbocycles. The molecule has 0 atom stereocenters. The fraction of sp³-hybridized carbons (Fsp3) is 0.571. The summed E-state index contributed by atoms with van der Waals surface area (Å²) >= 11 is 0. The van der Waals surface area contributed by atoms with Crippen molar-refractivity contribution < 1.29 is 14.4 Å². The molecule has 0 bridgehead atoms. The number of urea groups is 1. The number of hydrogen-bond acceptors (Lipinski definition) is 3. The number of carbonyl (C=O) groups is 3. The van der Waals surface area contributed by atoms with Gasteiger partial charge in [0.15, 0.2) is 0 Å². The second-order valence-corrected chi connectivity index (χ2v) is 7.78. The Kier molecular flexibility index (Phi) is 6.90. The van der Waals surface area contributed by atoms with Gasteiger partial charge in [-0.1, -0.05) is 25.3 Å². The number of likely N-dealkylation sites (tertiary alicyclic amines) is 1. The van der Waals surface area contributed by atoms with Crippen molar-refractivity contribution in [3.63, 3.8) is 0 Å². The largest absolute Gasteiger partial charge is 0.349 e. The second-order valence-electron chi connectivity index (χ2n) is 7.78. The molecule has 7 heteroatoms. The van der Waals surface area contributed by atoms with Crippen LogP contribution in [0.4, 0.5) is 10.5 Å². The fourth-order valence-electron chi connectivity index (χ4n) is 3.95. The molecule has 2 aliphatic rings. The van der Waals surface area contributed by atoms with Gasteiger partial charge < -0.3 is 20.9 Å². The smallest absolute Gasteiger partial charge is 0.317 e. The molecule has 3 rings (SSSR count). The van der Waals surface area contributed by atoms with E-state index in [0.717, 1.165) is 25.7 Å². The quantitative estimate of drug-likeness (QED) is 0.743. The summed E-state index contributed by atoms with van der Waals surface area (Å²) in [5.41, 5.74) is 1.12. The third-order valence-electron chi connectivity index (χ3n) is 5.50. The van der Waals surface area contributed by atoms with Crippen molar-refractivity contribution in [2.45, 2.75) is 64.0 Å². The summed E-state index contributed by atoms with van der Waals surface area (Å²) in [6.45, 7) is 2.73. The predicted octanol–water partition coefficient (Wildman–Crippen LogP) is 2.88. The van der Waals surface area contributed by atoms with Crippen LogP contribution in [0.25, 0.3) is 0 Å². The normalized spacial score (nSPS) is 18.4. The van der Waals surface area contributed by atoms with Gasteiger partial charge in [0.05, 0.1) is 0 Å². The van der Waals surface area contributed by atoms with Gasteiger partial charge >= 0.3 is 6.03 Å². The van der Waals surface area contributed by atoms with E-state index in [1.54, 1.807) is 24.3 Å². The first-order chi connectivity index (χ1) is 13.5. The average molecular weight is 386 g/mol. The van der Waals surface area contributed by atoms with Gasteiger partial charge in [-0.25, -0.2) is 4.79 Å². The van der Waals surface area contributed by atoms with Gasteiger partial charge in [0.25, 0.3) is 5.91 Å². The molecule has 0 unspecified atom stereocenters. The van der Waals surface area contributed by atoms with E-state index in [4.69, 9.17) is 0 Å². The lowest BCUT2D eigenvalue weighted by Gasteiger charge is -2.34. The zero-order chi connectivity index (χ0) is 19.9. The molecule has 1 aliphatic heterocycles. The minimum atomic E-state index is -0.170. The van der Waals surface area contributed by atoms with E-state index < -0.39 is 0 Å². The van der Waals surface area contributed by atoms with Gasteiger partial charge in [-0.2, -0.15) is 0 Å². The molecule has 0 radical (unpaired) electrons. The fourth-order valence-corrected chi connectivity index (χ4v) is 3.95. The third-order valence-corrected chi connectivity index (χ3v) is 5.50. The highest BCUT2D eigenvalue weighted by molar-refractivity contribution is 5.97. The first kappa shape index (κ1) is 20.2. The Labute approximate surface area is 166 Å². The number of nitrogens with one attached hydrogen (secondary N) is 3. The van der Waals surface area contributed by atoms with Crippen molar-refractivity contribution in [2.24, 2.45) is 0 Å². The van der Waals surface area contributed by atoms with E-state index in [9.17, 15) is 14.4 Å². The van der Waals surface area contributed by atoms with Crippen LogP contribution in [0.3, 0.4) is 0 Å². The molecule has 152 valence electrons. The molecular weight excluding hydrogens is 356 g/mol. The van der Waals surface area contributed by atoms with Crippen LogP contribution in [0.15, 0.2) is 24.3 Å². The summed E-state index contributed by atoms with van der Waals surface area (Å²) in [5.74, 6) is -0.325. The monoisotopic (exact) mass is 386 g/mol. The first-order valence-corrected chi connectivity index (χ1v) is 10.3. The summed E-state index contributed by atoms with van der Waals surface area (Å²) < 4.78 is 0. The minimum absolute atomic E-state index is 0.0275. The Balaban J connectivity index is 1.45. The van der Waals surface area contributed by atoms with Crippen LogP contribution in [0, 0.1) is 0 Å². The zero-order valence-electron chi connectivity index (χ0n) is 16.5. The highest BCUT2D eigenvalue weighted by Crippen LogP contribution is 2.19. The molecule has 0 spiro atoms. The van der Waals surface area contributed by atoms with Crippen LogP contribution in [0.1, 0.15) is 62.2 Å². The lowest BCUT2D eigenvalue weighted by Crippen LogP contribution is -2.51. The molecule has 4 amide bonds. The number of anilines is 1. The molecule has 1 aromatic rings. The Morgan fingerprint density at radius 1 is 0.929 bits per heavy atom. The van der Waals surface area contributed by atoms with Crippen molar-refractivity contribution in [3.05, 3.63) is 29.8 Å². The van der Waals surface area contributed by atoms with Gasteiger partial charge in [-0.05, 0) is 43.9 Å². The van der Waals surface area contributed by atoms with E-state index in [1.165, 1.54) is 26.2 Å². The molecule has 1 aliphatic carbocycles. The van der Waals surface area contributed by atoms with E-state index in [2.05, 4.69) is 16.0 Å². The van der Waals surface area contributed by atoms with Crippen molar-refractivity contribution in [1.29, 1.82) is 0 Å². The Hall–Kier alpha value is -2.57. The van der Waals surface area contributed by atoms with Crippen LogP contribution in [-0.4, -0.2) is 47.9 Å². The van der Waals surface area contributed by atoms with Crippen molar-refractivity contribution in [1.82, 2.24) is 15.5 Å². The second kappa shape index (κ2) is 9.57. The Morgan fingerprint density at radius 2 is 1.61 bits per heavy atom. The highest BCUT2D eigenvalue weighted by Gasteiger charge is 2.26. The standard InChI is InChI=1S/C21H30N4O3/c1-15(26)22-19-9-5-6-16(14-19)20(27)23-18-10-12-25(13-11-18)21(28)24-17-7-3-2-4-8-17/h5-6,9,14,17-18H,2-4,7-8,10-13H2,1H3,(H,22,26)(H,23,27)(H,24,28). The van der Waals surface area contributed by atoms with E-state index in [-0.39, 0.29) is 23.9 Å². The maximum Gasteiger partial charge on any atom is 0.317 e. The minimum Gasteiger partial charge on any atom is -0.349 e. The van der Waals surface area contributed by atoms with Crippen LogP contribution < -0.4 is 16.0 Å². The molecular formula is C21H30N4O3. The summed E-state index contributed by atoms with van der Waals surface area (Å²) in [5, 5.41) is 8.89. The van der Waals surface area contributed by atoms with E-state index in [0.29, 0.717) is 30.4 Å². The molecule has 28 heavy (non-hydrogen) atoms. The number of hydrogen-bond donors (Lipinski definition) is 3. The zero-order valence-corrected chi connectivity index (χ0v) is 16.5. The summed E-state index contributed by atoms with van der Waals surface area (Å²) in [7, 11) is 0. The Bertz CT molecular complexity index is 707. The van der Waals surface area contributed by atoms with Gasteiger partial charge in [0.2, 0.25) is 5.91 Å². The van der Waals surface area contributed by atoms with Gasteiger partial charge in [-0.15, -0.1) is 0 Å². The summed E-state index contributed by atoms with van der Waals surface area (Å²) in [4.78, 5) is 38.0. The number of amides is 4. The van der Waals surface area contributed by atoms with Crippen molar-refractivity contribution in [2.75, 3.05) is 18.4 Å². The van der Waals surface area contributed by atoms with Gasteiger partial charge in [-0.3, -0.25) is 9.59 Å². The van der Waals surface area contributed by atoms with Crippen LogP contribution in [0.5, 0.6) is 0 Å². The Morgan fingerprint density at radius 3 is 2.29 bits per heavy atom. The molecule has 1 saturated heterocycles. The topological polar surface area (TPSA) is 90.5 Å². The molecule has 0 aromatic heterocycles. The first-order valence-electron chi connectivity index (χ1n) is 10.3. The number of piperidine rings is 1. The van der Waals surface area contributed by atoms with E-state index >= 15 is 0 Å². The molecule has 1 saturated carbocycles. The highest BCUT2D eigenvalue weighted by atomic mass is 16.2. The van der Waals surface area contributed by atoms with Crippen molar-refractivity contribution in [3.8, 4) is 0 Å². The SMILES string of the molecule is CC(=O)Nc1cccc(C(=O)NC2CCN(C(=O)NC3CCCCC3)CC2)c1. The van der Waals surface area contributed by atoms with Crippen LogP contribution in [0.2, 0.25) is 0 Å². The van der Waals surface area contributed by atoms with Crippen molar-refractivity contribution >= 4 is 23.5 Å². The van der Waals surface area contributed by atoms with Crippen LogP contribution >= 0.6 is 0 Å². The maximum absolute atomic E-state index is 12.5. The van der Waals surface area contributed by atoms with E-state index in [1.807, 2.05) is 4.90 Å². The lowest BCUT2D eigenvalue weighted by molar-refractivity contribution is -0.114. The van der Waals surface area contributed by atoms with Gasteiger partial charge in [0, 0.05) is 43.3 Å². The maximum atomic E-state index is 12.5. The van der Waals surface area contributed by atoms with Gasteiger partial charge in [0.1, 0.15) is 0 Å². The third kappa shape index (κ3) is 5.71. The number of carbonyl (C=O) groups excluding carboxylic acids is 3. The van der Waals surface area contributed by atoms with Crippen LogP contribution in [-0.2, 0) is 4.79 Å². The summed E-state index contributed by atoms with van der Waals surface area (Å²) in [6.07, 6.45) is 7.31. The number of rotatable bonds is 4.